The zero-order valence-corrected chi connectivity index (χ0v) is 14.2. The van der Waals surface area contributed by atoms with Gasteiger partial charge in [0.25, 0.3) is 0 Å². The number of methoxy groups -OCH3 is 1. The van der Waals surface area contributed by atoms with Gasteiger partial charge < -0.3 is 15.8 Å². The number of amides is 1. The van der Waals surface area contributed by atoms with Crippen LogP contribution in [0.3, 0.4) is 0 Å². The molecule has 23 heavy (non-hydrogen) atoms. The summed E-state index contributed by atoms with van der Waals surface area (Å²) in [5.41, 5.74) is 5.83. The third-order valence-corrected chi connectivity index (χ3v) is 4.31. The Morgan fingerprint density at radius 1 is 1.39 bits per heavy atom. The molecule has 0 aliphatic heterocycles. The monoisotopic (exact) mass is 344 g/mol. The highest BCUT2D eigenvalue weighted by atomic mass is 35.5. The second-order valence-electron chi connectivity index (χ2n) is 5.96. The molecule has 2 rings (SSSR count). The van der Waals surface area contributed by atoms with Gasteiger partial charge in [0.15, 0.2) is 5.82 Å². The lowest BCUT2D eigenvalue weighted by atomic mass is 9.71. The molecule has 0 atom stereocenters. The van der Waals surface area contributed by atoms with Gasteiger partial charge in [0, 0.05) is 18.7 Å². The zero-order valence-electron chi connectivity index (χ0n) is 13.4. The first-order chi connectivity index (χ1) is 10.6. The van der Waals surface area contributed by atoms with E-state index in [1.54, 1.807) is 12.3 Å². The van der Waals surface area contributed by atoms with E-state index in [2.05, 4.69) is 15.2 Å². The quantitative estimate of drug-likeness (QED) is 0.765. The number of ether oxygens (including phenoxy) is 1. The second-order valence-corrected chi connectivity index (χ2v) is 5.96. The van der Waals surface area contributed by atoms with Crippen LogP contribution in [-0.2, 0) is 20.9 Å². The highest BCUT2D eigenvalue weighted by Crippen LogP contribution is 2.38. The predicted molar refractivity (Wildman–Crippen MR) is 89.3 cm³/mol. The molecule has 1 saturated carbocycles. The summed E-state index contributed by atoms with van der Waals surface area (Å²) >= 11 is 0. The van der Waals surface area contributed by atoms with E-state index in [0.29, 0.717) is 18.8 Å². The number of hydrogen-bond acceptors (Lipinski definition) is 5. The Morgan fingerprint density at radius 2 is 2.09 bits per heavy atom. The van der Waals surface area contributed by atoms with Crippen LogP contribution in [0.5, 0.6) is 0 Å². The van der Waals surface area contributed by atoms with Gasteiger partial charge in [-0.05, 0) is 24.8 Å². The highest BCUT2D eigenvalue weighted by Gasteiger charge is 2.33. The first kappa shape index (κ1) is 19.4. The third kappa shape index (κ3) is 5.51. The van der Waals surface area contributed by atoms with E-state index in [1.165, 1.54) is 18.2 Å². The second kappa shape index (κ2) is 8.88. The topological polar surface area (TPSA) is 99.2 Å². The molecule has 3 N–H and O–H groups in total. The number of esters is 1. The van der Waals surface area contributed by atoms with Gasteiger partial charge in [-0.15, -0.1) is 12.4 Å². The van der Waals surface area contributed by atoms with Gasteiger partial charge in [0.05, 0.1) is 7.11 Å². The minimum Gasteiger partial charge on any atom is -0.468 e. The van der Waals surface area contributed by atoms with Crippen molar-refractivity contribution in [2.45, 2.75) is 45.1 Å². The Labute approximate surface area is 142 Å². The molecule has 0 spiro atoms. The molecule has 1 heterocycles. The Morgan fingerprint density at radius 3 is 2.70 bits per heavy atom. The first-order valence-electron chi connectivity index (χ1n) is 7.67. The number of anilines is 1. The molecular formula is C15H25ClN4O3. The molecular weight excluding hydrogens is 320 g/mol. The number of nitrogens with one attached hydrogen (secondary N) is 1. The van der Waals surface area contributed by atoms with Crippen LogP contribution < -0.4 is 11.1 Å². The zero-order chi connectivity index (χ0) is 16.0. The molecule has 7 nitrogen and oxygen atoms in total. The molecule has 1 aromatic heterocycles. The van der Waals surface area contributed by atoms with Crippen LogP contribution in [0.4, 0.5) is 5.82 Å². The van der Waals surface area contributed by atoms with E-state index in [1.807, 2.05) is 0 Å². The number of hydrogen-bond donors (Lipinski definition) is 2. The van der Waals surface area contributed by atoms with Crippen molar-refractivity contribution in [3.8, 4) is 0 Å². The molecule has 0 unspecified atom stereocenters. The maximum Gasteiger partial charge on any atom is 0.327 e. The van der Waals surface area contributed by atoms with E-state index in [4.69, 9.17) is 5.73 Å². The van der Waals surface area contributed by atoms with Crippen molar-refractivity contribution in [3.63, 3.8) is 0 Å². The Hall–Kier alpha value is -1.60. The predicted octanol–water partition coefficient (Wildman–Crippen LogP) is 1.72. The lowest BCUT2D eigenvalue weighted by Crippen LogP contribution is -2.36. The minimum absolute atomic E-state index is 0. The van der Waals surface area contributed by atoms with Crippen LogP contribution in [0.15, 0.2) is 12.3 Å². The summed E-state index contributed by atoms with van der Waals surface area (Å²) in [4.78, 5) is 23.4. The fraction of sp³-hybridized carbons (Fsp3) is 0.667. The molecule has 0 saturated heterocycles. The third-order valence-electron chi connectivity index (χ3n) is 4.31. The van der Waals surface area contributed by atoms with E-state index >= 15 is 0 Å². The van der Waals surface area contributed by atoms with Gasteiger partial charge in [0.1, 0.15) is 6.54 Å². The van der Waals surface area contributed by atoms with Gasteiger partial charge >= 0.3 is 5.97 Å². The number of carbonyl (C=O) groups is 2. The van der Waals surface area contributed by atoms with Crippen molar-refractivity contribution in [2.75, 3.05) is 19.0 Å². The number of nitrogens with two attached hydrogens (primary N) is 1. The lowest BCUT2D eigenvalue weighted by Gasteiger charge is -2.35. The van der Waals surface area contributed by atoms with Gasteiger partial charge in [-0.25, -0.2) is 0 Å². The molecule has 130 valence electrons. The van der Waals surface area contributed by atoms with Crippen molar-refractivity contribution in [1.29, 1.82) is 0 Å². The Bertz CT molecular complexity index is 527. The van der Waals surface area contributed by atoms with Crippen LogP contribution in [0, 0.1) is 5.41 Å². The van der Waals surface area contributed by atoms with Crippen LogP contribution >= 0.6 is 12.4 Å². The van der Waals surface area contributed by atoms with Crippen molar-refractivity contribution in [1.82, 2.24) is 9.78 Å². The molecule has 1 amide bonds. The standard InChI is InChI=1S/C15H24N4O3.ClH/c1-22-14(21)10-19-8-5-12(18-19)17-13(20)9-15(11-16)6-3-2-4-7-15;/h5,8H,2-4,6-7,9-11,16H2,1H3,(H,17,18,20);1H. The maximum atomic E-state index is 12.2. The van der Waals surface area contributed by atoms with Crippen molar-refractivity contribution >= 4 is 30.1 Å². The first-order valence-corrected chi connectivity index (χ1v) is 7.67. The number of rotatable bonds is 6. The summed E-state index contributed by atoms with van der Waals surface area (Å²) in [5.74, 6) is -0.0159. The number of halogens is 1. The SMILES string of the molecule is COC(=O)Cn1ccc(NC(=O)CC2(CN)CCCCC2)n1.Cl. The molecule has 0 radical (unpaired) electrons. The van der Waals surface area contributed by atoms with Crippen LogP contribution in [0.1, 0.15) is 38.5 Å². The molecule has 1 aliphatic carbocycles. The van der Waals surface area contributed by atoms with E-state index < -0.39 is 0 Å². The lowest BCUT2D eigenvalue weighted by molar-refractivity contribution is -0.141. The van der Waals surface area contributed by atoms with Crippen molar-refractivity contribution in [2.24, 2.45) is 11.1 Å². The highest BCUT2D eigenvalue weighted by molar-refractivity contribution is 5.90. The van der Waals surface area contributed by atoms with Gasteiger partial charge in [0.2, 0.25) is 5.91 Å². The summed E-state index contributed by atoms with van der Waals surface area (Å²) in [6.07, 6.45) is 7.57. The van der Waals surface area contributed by atoms with E-state index in [9.17, 15) is 9.59 Å². The molecule has 0 aromatic carbocycles. The van der Waals surface area contributed by atoms with Gasteiger partial charge in [-0.2, -0.15) is 5.10 Å². The van der Waals surface area contributed by atoms with Crippen molar-refractivity contribution in [3.05, 3.63) is 12.3 Å². The molecule has 1 fully saturated rings. The Kier molecular flexibility index (Phi) is 7.51. The molecule has 8 heteroatoms. The van der Waals surface area contributed by atoms with E-state index in [0.717, 1.165) is 25.7 Å². The Balaban J connectivity index is 0.00000264. The van der Waals surface area contributed by atoms with Gasteiger partial charge in [-0.3, -0.25) is 14.3 Å². The fourth-order valence-corrected chi connectivity index (χ4v) is 3.00. The number of carbonyl (C=O) groups excluding carboxylic acids is 2. The summed E-state index contributed by atoms with van der Waals surface area (Å²) in [5, 5.41) is 6.91. The summed E-state index contributed by atoms with van der Waals surface area (Å²) in [6, 6.07) is 1.66. The molecule has 1 aromatic rings. The fourth-order valence-electron chi connectivity index (χ4n) is 3.00. The summed E-state index contributed by atoms with van der Waals surface area (Å²) in [6.45, 7) is 0.566. The van der Waals surface area contributed by atoms with Crippen LogP contribution in [0.2, 0.25) is 0 Å². The number of aromatic nitrogens is 2. The largest absolute Gasteiger partial charge is 0.468 e. The summed E-state index contributed by atoms with van der Waals surface area (Å²) in [7, 11) is 1.32. The number of nitrogens with zero attached hydrogens (tertiary/aromatic N) is 2. The summed E-state index contributed by atoms with van der Waals surface area (Å²) < 4.78 is 6.00. The van der Waals surface area contributed by atoms with E-state index in [-0.39, 0.29) is 36.2 Å². The average Bonchev–Trinajstić information content (AvgIpc) is 2.94. The minimum atomic E-state index is -0.384. The normalized spacial score (nSPS) is 16.3. The average molecular weight is 345 g/mol. The maximum absolute atomic E-state index is 12.2. The van der Waals surface area contributed by atoms with Crippen LogP contribution in [0.25, 0.3) is 0 Å². The molecule has 1 aliphatic rings. The van der Waals surface area contributed by atoms with Gasteiger partial charge in [-0.1, -0.05) is 19.3 Å². The molecule has 0 bridgehead atoms. The van der Waals surface area contributed by atoms with Crippen molar-refractivity contribution < 1.29 is 14.3 Å². The smallest absolute Gasteiger partial charge is 0.327 e. The van der Waals surface area contributed by atoms with Crippen LogP contribution in [-0.4, -0.2) is 35.3 Å².